The van der Waals surface area contributed by atoms with Gasteiger partial charge in [0.2, 0.25) is 0 Å². The van der Waals surface area contributed by atoms with Crippen molar-refractivity contribution < 1.29 is 4.74 Å². The zero-order chi connectivity index (χ0) is 32.9. The number of nitrogens with zero attached hydrogens (tertiary/aromatic N) is 2. The zero-order valence-corrected chi connectivity index (χ0v) is 29.9. The Morgan fingerprint density at radius 3 is 2.73 bits per heavy atom. The maximum Gasteiger partial charge on any atom is 0.0852 e. The molecule has 1 aromatic carbocycles. The number of hydrogen-bond donors (Lipinski definition) is 0. The third kappa shape index (κ3) is 4.63. The van der Waals surface area contributed by atoms with E-state index < -0.39 is 0 Å². The molecule has 0 radical (unpaired) electrons. The van der Waals surface area contributed by atoms with Gasteiger partial charge in [0.25, 0.3) is 0 Å². The van der Waals surface area contributed by atoms with Crippen LogP contribution in [-0.2, 0) is 10.2 Å². The van der Waals surface area contributed by atoms with E-state index in [1.165, 1.54) is 61.3 Å². The molecule has 7 aliphatic carbocycles. The van der Waals surface area contributed by atoms with E-state index in [1.807, 2.05) is 0 Å². The van der Waals surface area contributed by atoms with Gasteiger partial charge < -0.3 is 14.5 Å². The summed E-state index contributed by atoms with van der Waals surface area (Å²) in [5.41, 5.74) is 12.7. The maximum absolute atomic E-state index is 6.85. The Balaban J connectivity index is 1.13. The number of fused-ring (bicyclic) bond motifs is 8. The highest BCUT2D eigenvalue weighted by Crippen LogP contribution is 2.59. The van der Waals surface area contributed by atoms with Crippen LogP contribution in [0, 0.1) is 29.6 Å². The van der Waals surface area contributed by atoms with Crippen LogP contribution in [0.4, 0.5) is 5.69 Å². The van der Waals surface area contributed by atoms with E-state index >= 15 is 0 Å². The largest absolute Gasteiger partial charge is 0.370 e. The molecule has 3 nitrogen and oxygen atoms in total. The summed E-state index contributed by atoms with van der Waals surface area (Å²) in [7, 11) is 0. The molecule has 2 heterocycles. The number of anilines is 1. The van der Waals surface area contributed by atoms with Crippen LogP contribution in [-0.4, -0.2) is 23.1 Å². The van der Waals surface area contributed by atoms with Crippen molar-refractivity contribution in [2.75, 3.05) is 4.90 Å². The van der Waals surface area contributed by atoms with E-state index in [0.29, 0.717) is 47.7 Å². The first-order valence-electron chi connectivity index (χ1n) is 19.9. The number of ether oxygens (including phenoxy) is 1. The number of rotatable bonds is 4. The SMILES string of the molecule is CC1C=CC(N2C3=C(CCCC3)C3C=C(N(C4=CC=CC5OC6CCC=CC6C45)c4cccc5c4C4CC=CCC4C5(C)C)CCC32)=CC1. The van der Waals surface area contributed by atoms with Crippen molar-refractivity contribution >= 4 is 5.69 Å². The second-order valence-electron chi connectivity index (χ2n) is 17.2. The second-order valence-corrected chi connectivity index (χ2v) is 17.2. The minimum absolute atomic E-state index is 0.151. The van der Waals surface area contributed by atoms with E-state index in [2.05, 4.69) is 116 Å². The van der Waals surface area contributed by atoms with Gasteiger partial charge >= 0.3 is 0 Å². The van der Waals surface area contributed by atoms with Gasteiger partial charge in [-0.2, -0.15) is 0 Å². The molecule has 0 aromatic heterocycles. The van der Waals surface area contributed by atoms with Crippen LogP contribution in [0.25, 0.3) is 0 Å². The third-order valence-electron chi connectivity index (χ3n) is 14.3. The number of hydrogen-bond acceptors (Lipinski definition) is 3. The van der Waals surface area contributed by atoms with Gasteiger partial charge in [0.15, 0.2) is 0 Å². The molecule has 3 heteroatoms. The van der Waals surface area contributed by atoms with E-state index in [-0.39, 0.29) is 11.5 Å². The summed E-state index contributed by atoms with van der Waals surface area (Å²) in [6.45, 7) is 7.39. The van der Waals surface area contributed by atoms with Gasteiger partial charge in [-0.1, -0.05) is 87.6 Å². The lowest BCUT2D eigenvalue weighted by atomic mass is 9.72. The van der Waals surface area contributed by atoms with E-state index in [1.54, 1.807) is 22.4 Å². The summed E-state index contributed by atoms with van der Waals surface area (Å²) in [6, 6.07) is 7.88. The minimum atomic E-state index is 0.151. The van der Waals surface area contributed by atoms with Crippen LogP contribution in [0.15, 0.2) is 113 Å². The van der Waals surface area contributed by atoms with Crippen molar-refractivity contribution in [3.8, 4) is 0 Å². The van der Waals surface area contributed by atoms with Crippen LogP contribution in [0.1, 0.15) is 108 Å². The van der Waals surface area contributed by atoms with Gasteiger partial charge in [0.05, 0.1) is 12.2 Å². The first kappa shape index (κ1) is 30.5. The van der Waals surface area contributed by atoms with Crippen molar-refractivity contribution in [3.63, 3.8) is 0 Å². The molecule has 1 saturated heterocycles. The van der Waals surface area contributed by atoms with Crippen molar-refractivity contribution in [3.05, 3.63) is 125 Å². The molecule has 0 bridgehead atoms. The van der Waals surface area contributed by atoms with Crippen LogP contribution in [0.3, 0.4) is 0 Å². The highest BCUT2D eigenvalue weighted by molar-refractivity contribution is 5.70. The monoisotopic (exact) mass is 650 g/mol. The molecular weight excluding hydrogens is 597 g/mol. The fourth-order valence-corrected chi connectivity index (χ4v) is 11.9. The van der Waals surface area contributed by atoms with Crippen molar-refractivity contribution in [1.29, 1.82) is 0 Å². The molecule has 0 N–H and O–H groups in total. The Hall–Kier alpha value is -3.30. The lowest BCUT2D eigenvalue weighted by Gasteiger charge is -2.42. The molecule has 9 atom stereocenters. The average Bonchev–Trinajstić information content (AvgIpc) is 3.75. The van der Waals surface area contributed by atoms with Crippen molar-refractivity contribution in [2.45, 2.75) is 121 Å². The van der Waals surface area contributed by atoms with Crippen LogP contribution in [0.5, 0.6) is 0 Å². The summed E-state index contributed by atoms with van der Waals surface area (Å²) in [4.78, 5) is 5.65. The fraction of sp³-hybridized carbons (Fsp3) is 0.522. The van der Waals surface area contributed by atoms with E-state index in [4.69, 9.17) is 4.74 Å². The summed E-state index contributed by atoms with van der Waals surface area (Å²) in [5, 5.41) is 0. The van der Waals surface area contributed by atoms with Crippen LogP contribution < -0.4 is 4.90 Å². The summed E-state index contributed by atoms with van der Waals surface area (Å²) in [5.74, 6) is 3.16. The molecule has 9 aliphatic rings. The van der Waals surface area contributed by atoms with Crippen molar-refractivity contribution in [1.82, 2.24) is 4.90 Å². The quantitative estimate of drug-likeness (QED) is 0.302. The minimum Gasteiger partial charge on any atom is -0.370 e. The topological polar surface area (TPSA) is 15.7 Å². The molecule has 1 aromatic rings. The molecular formula is C46H54N2O. The maximum atomic E-state index is 6.85. The van der Waals surface area contributed by atoms with Gasteiger partial charge in [-0.3, -0.25) is 0 Å². The Morgan fingerprint density at radius 1 is 0.939 bits per heavy atom. The molecule has 10 rings (SSSR count). The predicted octanol–water partition coefficient (Wildman–Crippen LogP) is 10.9. The molecule has 1 fully saturated rings. The predicted molar refractivity (Wildman–Crippen MR) is 201 cm³/mol. The highest BCUT2D eigenvalue weighted by atomic mass is 16.5. The molecule has 254 valence electrons. The van der Waals surface area contributed by atoms with Crippen LogP contribution in [0.2, 0.25) is 0 Å². The first-order chi connectivity index (χ1) is 24.0. The Labute approximate surface area is 294 Å². The molecule has 0 amide bonds. The lowest BCUT2D eigenvalue weighted by Crippen LogP contribution is -2.39. The highest BCUT2D eigenvalue weighted by Gasteiger charge is 2.51. The summed E-state index contributed by atoms with van der Waals surface area (Å²) < 4.78 is 6.85. The van der Waals surface area contributed by atoms with Gasteiger partial charge in [-0.15, -0.1) is 0 Å². The lowest BCUT2D eigenvalue weighted by molar-refractivity contribution is 0.0524. The van der Waals surface area contributed by atoms with E-state index in [9.17, 15) is 0 Å². The normalized spacial score (nSPS) is 37.8. The first-order valence-corrected chi connectivity index (χ1v) is 19.9. The van der Waals surface area contributed by atoms with Crippen molar-refractivity contribution in [2.24, 2.45) is 29.6 Å². The number of benzene rings is 1. The molecule has 49 heavy (non-hydrogen) atoms. The standard InChI is InChI=1S/C46H54N2O/c1-29-22-24-30(25-23-29)47-38-17-8-5-12-32(38)35-28-31(26-27-39(35)47)48(41-19-11-21-43-45(41)34-14-6-9-20-42(34)49-43)40-18-10-16-37-44(40)33-13-4-7-15-36(33)46(37,2)3/h4,6-7,10-11,14,16,18-19,21-22,24-25,28-29,33-36,39,42-43,45H,5,8-9,12-13,15,17,20,23,26-27H2,1-3H3. The van der Waals surface area contributed by atoms with Crippen LogP contribution >= 0.6 is 0 Å². The Bertz CT molecular complexity index is 1790. The summed E-state index contributed by atoms with van der Waals surface area (Å²) >= 11 is 0. The molecule has 9 unspecified atom stereocenters. The molecule has 2 aliphatic heterocycles. The molecule has 0 spiro atoms. The zero-order valence-electron chi connectivity index (χ0n) is 29.9. The Kier molecular flexibility index (Phi) is 7.24. The van der Waals surface area contributed by atoms with Gasteiger partial charge in [0, 0.05) is 52.3 Å². The van der Waals surface area contributed by atoms with E-state index in [0.717, 1.165) is 32.1 Å². The smallest absolute Gasteiger partial charge is 0.0852 e. The fourth-order valence-electron chi connectivity index (χ4n) is 11.9. The Morgan fingerprint density at radius 2 is 1.84 bits per heavy atom. The molecule has 0 saturated carbocycles. The van der Waals surface area contributed by atoms with Gasteiger partial charge in [0.1, 0.15) is 0 Å². The van der Waals surface area contributed by atoms with Gasteiger partial charge in [-0.25, -0.2) is 0 Å². The average molecular weight is 651 g/mol. The van der Waals surface area contributed by atoms with Gasteiger partial charge in [-0.05, 0) is 129 Å². The summed E-state index contributed by atoms with van der Waals surface area (Å²) in [6.07, 6.45) is 40.9. The third-order valence-corrected chi connectivity index (χ3v) is 14.3. The number of allylic oxidation sites excluding steroid dienone is 10. The second kappa shape index (κ2) is 11.6.